The first-order valence-electron chi connectivity index (χ1n) is 10.4. The van der Waals surface area contributed by atoms with E-state index in [9.17, 15) is 4.79 Å². The molecule has 0 spiro atoms. The Morgan fingerprint density at radius 2 is 1.56 bits per heavy atom. The molecule has 0 atom stereocenters. The molecule has 0 fully saturated rings. The quantitative estimate of drug-likeness (QED) is 0.211. The third kappa shape index (κ3) is 6.11. The van der Waals surface area contributed by atoms with Crippen LogP contribution in [0.3, 0.4) is 0 Å². The summed E-state index contributed by atoms with van der Waals surface area (Å²) in [6.45, 7) is 4.08. The van der Waals surface area contributed by atoms with Gasteiger partial charge in [-0.25, -0.2) is 0 Å². The Labute approximate surface area is 189 Å². The number of para-hydroxylation sites is 1. The van der Waals surface area contributed by atoms with Gasteiger partial charge in [-0.15, -0.1) is 0 Å². The van der Waals surface area contributed by atoms with Crippen LogP contribution in [0.15, 0.2) is 84.5 Å². The molecule has 0 aliphatic rings. The zero-order valence-electron chi connectivity index (χ0n) is 18.9. The van der Waals surface area contributed by atoms with Gasteiger partial charge in [0.05, 0.1) is 19.8 Å². The van der Waals surface area contributed by atoms with Crippen molar-refractivity contribution in [2.24, 2.45) is 0 Å². The van der Waals surface area contributed by atoms with E-state index in [1.165, 1.54) is 5.57 Å². The number of allylic oxidation sites excluding steroid dienone is 3. The van der Waals surface area contributed by atoms with Gasteiger partial charge >= 0.3 is 0 Å². The molecule has 0 radical (unpaired) electrons. The van der Waals surface area contributed by atoms with Crippen molar-refractivity contribution in [1.82, 2.24) is 0 Å². The molecule has 0 amide bonds. The molecule has 32 heavy (non-hydrogen) atoms. The molecule has 0 aromatic heterocycles. The predicted octanol–water partition coefficient (Wildman–Crippen LogP) is 6.90. The minimum Gasteiger partial charge on any atom is -0.496 e. The van der Waals surface area contributed by atoms with Gasteiger partial charge in [0.25, 0.3) is 0 Å². The first kappa shape index (κ1) is 22.9. The Balaban J connectivity index is 1.83. The highest BCUT2D eigenvalue weighted by Gasteiger charge is 2.15. The van der Waals surface area contributed by atoms with E-state index in [4.69, 9.17) is 14.2 Å². The lowest BCUT2D eigenvalue weighted by molar-refractivity contribution is 0.104. The van der Waals surface area contributed by atoms with Crippen molar-refractivity contribution in [3.05, 3.63) is 101 Å². The van der Waals surface area contributed by atoms with Crippen molar-refractivity contribution in [3.63, 3.8) is 0 Å². The van der Waals surface area contributed by atoms with Crippen molar-refractivity contribution in [2.75, 3.05) is 14.2 Å². The Morgan fingerprint density at radius 1 is 0.844 bits per heavy atom. The first-order chi connectivity index (χ1) is 15.5. The molecular formula is C28H28O4. The van der Waals surface area contributed by atoms with Gasteiger partial charge in [-0.2, -0.15) is 0 Å². The molecule has 3 aromatic carbocycles. The van der Waals surface area contributed by atoms with Crippen molar-refractivity contribution in [3.8, 4) is 23.0 Å². The maximum absolute atomic E-state index is 13.0. The molecule has 0 heterocycles. The van der Waals surface area contributed by atoms with Crippen molar-refractivity contribution < 1.29 is 19.0 Å². The second-order valence-electron chi connectivity index (χ2n) is 7.54. The Hall–Kier alpha value is -3.79. The standard InChI is InChI=1S/C28H28O4/c1-20(2)13-15-22-18-25(28(31-4)19-27(22)30-3)26(29)16-14-21-9-8-12-24(17-21)32-23-10-6-5-7-11-23/h5-14,16-19H,15H2,1-4H3/b16-14+. The van der Waals surface area contributed by atoms with Gasteiger partial charge in [-0.1, -0.05) is 48.1 Å². The van der Waals surface area contributed by atoms with Crippen molar-refractivity contribution >= 4 is 11.9 Å². The number of methoxy groups -OCH3 is 2. The number of rotatable bonds is 9. The van der Waals surface area contributed by atoms with Gasteiger partial charge in [-0.05, 0) is 67.8 Å². The molecule has 4 nitrogen and oxygen atoms in total. The van der Waals surface area contributed by atoms with Crippen LogP contribution in [0.1, 0.15) is 35.3 Å². The van der Waals surface area contributed by atoms with Gasteiger partial charge in [0.15, 0.2) is 5.78 Å². The molecule has 0 N–H and O–H groups in total. The second kappa shape index (κ2) is 11.0. The summed E-state index contributed by atoms with van der Waals surface area (Å²) in [5.74, 6) is 2.51. The van der Waals surface area contributed by atoms with E-state index < -0.39 is 0 Å². The third-order valence-corrected chi connectivity index (χ3v) is 4.86. The average molecular weight is 429 g/mol. The van der Waals surface area contributed by atoms with E-state index in [1.54, 1.807) is 32.4 Å². The monoisotopic (exact) mass is 428 g/mol. The zero-order chi connectivity index (χ0) is 22.9. The van der Waals surface area contributed by atoms with E-state index in [1.807, 2.05) is 74.5 Å². The third-order valence-electron chi connectivity index (χ3n) is 4.86. The summed E-state index contributed by atoms with van der Waals surface area (Å²) in [5, 5.41) is 0. The number of benzene rings is 3. The molecule has 3 rings (SSSR count). The Kier molecular flexibility index (Phi) is 7.87. The molecule has 3 aromatic rings. The van der Waals surface area contributed by atoms with Crippen LogP contribution in [0.2, 0.25) is 0 Å². The zero-order valence-corrected chi connectivity index (χ0v) is 18.9. The highest BCUT2D eigenvalue weighted by atomic mass is 16.5. The largest absolute Gasteiger partial charge is 0.496 e. The maximum atomic E-state index is 13.0. The topological polar surface area (TPSA) is 44.8 Å². The summed E-state index contributed by atoms with van der Waals surface area (Å²) in [6.07, 6.45) is 6.11. The van der Waals surface area contributed by atoms with Crippen LogP contribution in [-0.2, 0) is 6.42 Å². The number of carbonyl (C=O) groups excluding carboxylic acids is 1. The lowest BCUT2D eigenvalue weighted by Crippen LogP contribution is -2.02. The van der Waals surface area contributed by atoms with Gasteiger partial charge < -0.3 is 14.2 Å². The van der Waals surface area contributed by atoms with Crippen LogP contribution in [0, 0.1) is 0 Å². The highest BCUT2D eigenvalue weighted by molar-refractivity contribution is 6.09. The first-order valence-corrected chi connectivity index (χ1v) is 10.4. The predicted molar refractivity (Wildman–Crippen MR) is 129 cm³/mol. The van der Waals surface area contributed by atoms with Crippen LogP contribution in [0.25, 0.3) is 6.08 Å². The van der Waals surface area contributed by atoms with E-state index in [-0.39, 0.29) is 5.78 Å². The van der Waals surface area contributed by atoms with Crippen molar-refractivity contribution in [2.45, 2.75) is 20.3 Å². The van der Waals surface area contributed by atoms with Crippen LogP contribution in [0.5, 0.6) is 23.0 Å². The molecule has 0 aliphatic heterocycles. The summed E-state index contributed by atoms with van der Waals surface area (Å²) in [5.41, 5.74) is 3.50. The highest BCUT2D eigenvalue weighted by Crippen LogP contribution is 2.31. The van der Waals surface area contributed by atoms with E-state index in [0.717, 1.165) is 16.9 Å². The fraction of sp³-hybridized carbons (Fsp3) is 0.179. The van der Waals surface area contributed by atoms with Gasteiger partial charge in [0, 0.05) is 6.07 Å². The number of ketones is 1. The Bertz CT molecular complexity index is 1120. The fourth-order valence-corrected chi connectivity index (χ4v) is 3.20. The van der Waals surface area contributed by atoms with Gasteiger partial charge in [0.2, 0.25) is 0 Å². The molecule has 4 heteroatoms. The summed E-state index contributed by atoms with van der Waals surface area (Å²) in [6, 6.07) is 20.8. The summed E-state index contributed by atoms with van der Waals surface area (Å²) < 4.78 is 16.8. The second-order valence-corrected chi connectivity index (χ2v) is 7.54. The molecular weight excluding hydrogens is 400 g/mol. The van der Waals surface area contributed by atoms with Crippen LogP contribution in [-0.4, -0.2) is 20.0 Å². The minimum absolute atomic E-state index is 0.141. The van der Waals surface area contributed by atoms with Crippen LogP contribution < -0.4 is 14.2 Å². The number of carbonyl (C=O) groups is 1. The van der Waals surface area contributed by atoms with Crippen LogP contribution in [0.4, 0.5) is 0 Å². The number of hydrogen-bond donors (Lipinski definition) is 0. The smallest absolute Gasteiger partial charge is 0.189 e. The number of hydrogen-bond acceptors (Lipinski definition) is 4. The minimum atomic E-state index is -0.141. The summed E-state index contributed by atoms with van der Waals surface area (Å²) in [4.78, 5) is 13.0. The summed E-state index contributed by atoms with van der Waals surface area (Å²) >= 11 is 0. The normalized spacial score (nSPS) is 10.6. The van der Waals surface area contributed by atoms with Gasteiger partial charge in [0.1, 0.15) is 23.0 Å². The summed E-state index contributed by atoms with van der Waals surface area (Å²) in [7, 11) is 3.17. The van der Waals surface area contributed by atoms with E-state index in [2.05, 4.69) is 6.08 Å². The maximum Gasteiger partial charge on any atom is 0.189 e. The van der Waals surface area contributed by atoms with Gasteiger partial charge in [-0.3, -0.25) is 4.79 Å². The molecule has 0 saturated carbocycles. The average Bonchev–Trinajstić information content (AvgIpc) is 2.81. The molecule has 0 aliphatic carbocycles. The van der Waals surface area contributed by atoms with E-state index >= 15 is 0 Å². The lowest BCUT2D eigenvalue weighted by Gasteiger charge is -2.13. The SMILES string of the molecule is COc1cc(OC)c(C(=O)/C=C/c2cccc(Oc3ccccc3)c2)cc1CC=C(C)C. The van der Waals surface area contributed by atoms with Crippen molar-refractivity contribution in [1.29, 1.82) is 0 Å². The molecule has 164 valence electrons. The molecule has 0 unspecified atom stereocenters. The van der Waals surface area contributed by atoms with Crippen LogP contribution >= 0.6 is 0 Å². The van der Waals surface area contributed by atoms with E-state index in [0.29, 0.717) is 29.2 Å². The Morgan fingerprint density at radius 3 is 2.25 bits per heavy atom. The molecule has 0 saturated heterocycles. The number of ether oxygens (including phenoxy) is 3. The lowest BCUT2D eigenvalue weighted by atomic mass is 10.0. The fourth-order valence-electron chi connectivity index (χ4n) is 3.20. The molecule has 0 bridgehead atoms.